The maximum absolute atomic E-state index is 14.2. The van der Waals surface area contributed by atoms with Gasteiger partial charge in [0.1, 0.15) is 5.75 Å². The van der Waals surface area contributed by atoms with E-state index in [4.69, 9.17) is 28.3 Å². The number of phenols is 1. The van der Waals surface area contributed by atoms with Gasteiger partial charge in [-0.15, -0.1) is 0 Å². The van der Waals surface area contributed by atoms with E-state index >= 15 is 0 Å². The first-order valence-electron chi connectivity index (χ1n) is 6.25. The first kappa shape index (κ1) is 16.3. The Kier molecular flexibility index (Phi) is 4.60. The van der Waals surface area contributed by atoms with E-state index in [0.29, 0.717) is 0 Å². The second kappa shape index (κ2) is 5.94. The van der Waals surface area contributed by atoms with E-state index < -0.39 is 23.5 Å². The van der Waals surface area contributed by atoms with Crippen LogP contribution in [0.1, 0.15) is 17.9 Å². The SMILES string of the molecule is O=C1N(CCCO)C[C@@H](c2c(O)ccc(Cl)c2Cl)C1(F)F. The monoisotopic (exact) mass is 339 g/mol. The van der Waals surface area contributed by atoms with Crippen molar-refractivity contribution in [2.45, 2.75) is 18.3 Å². The third kappa shape index (κ3) is 2.80. The van der Waals surface area contributed by atoms with Gasteiger partial charge in [-0.2, -0.15) is 8.78 Å². The maximum atomic E-state index is 14.2. The zero-order valence-corrected chi connectivity index (χ0v) is 12.3. The molecule has 1 fully saturated rings. The van der Waals surface area contributed by atoms with Crippen molar-refractivity contribution in [3.8, 4) is 5.75 Å². The van der Waals surface area contributed by atoms with Crippen LogP contribution in [0, 0.1) is 0 Å². The standard InChI is InChI=1S/C13H13Cl2F2NO3/c14-8-2-3-9(20)10(11(8)15)7-6-18(4-1-5-19)12(21)13(7,16)17/h2-3,7,19-20H,1,4-6H2/t7-/m0/s1. The van der Waals surface area contributed by atoms with E-state index in [0.717, 1.165) is 4.90 Å². The number of aromatic hydroxyl groups is 1. The Morgan fingerprint density at radius 1 is 1.38 bits per heavy atom. The lowest BCUT2D eigenvalue weighted by Crippen LogP contribution is -2.35. The molecule has 2 rings (SSSR count). The Labute approximate surface area is 129 Å². The number of hydrogen-bond donors (Lipinski definition) is 2. The zero-order chi connectivity index (χ0) is 15.8. The first-order chi connectivity index (χ1) is 9.80. The van der Waals surface area contributed by atoms with Crippen molar-refractivity contribution >= 4 is 29.1 Å². The van der Waals surface area contributed by atoms with E-state index in [2.05, 4.69) is 0 Å². The highest BCUT2D eigenvalue weighted by molar-refractivity contribution is 6.42. The maximum Gasteiger partial charge on any atom is 0.333 e. The normalized spacial score (nSPS) is 21.1. The third-order valence-electron chi connectivity index (χ3n) is 3.46. The minimum Gasteiger partial charge on any atom is -0.508 e. The fourth-order valence-corrected chi connectivity index (χ4v) is 2.85. The molecular weight excluding hydrogens is 327 g/mol. The van der Waals surface area contributed by atoms with Crippen molar-refractivity contribution in [2.75, 3.05) is 19.7 Å². The zero-order valence-electron chi connectivity index (χ0n) is 10.8. The Hall–Kier alpha value is -1.11. The summed E-state index contributed by atoms with van der Waals surface area (Å²) >= 11 is 11.7. The van der Waals surface area contributed by atoms with Gasteiger partial charge in [-0.1, -0.05) is 23.2 Å². The molecule has 0 bridgehead atoms. The topological polar surface area (TPSA) is 60.8 Å². The van der Waals surface area contributed by atoms with Gasteiger partial charge in [0.15, 0.2) is 0 Å². The average Bonchev–Trinajstić information content (AvgIpc) is 2.65. The summed E-state index contributed by atoms with van der Waals surface area (Å²) in [6.07, 6.45) is 0.198. The van der Waals surface area contributed by atoms with Crippen LogP contribution in [0.5, 0.6) is 5.75 Å². The Bertz CT molecular complexity index is 569. The lowest BCUT2D eigenvalue weighted by molar-refractivity contribution is -0.149. The molecule has 0 aromatic heterocycles. The van der Waals surface area contributed by atoms with Crippen LogP contribution in [0.2, 0.25) is 10.0 Å². The molecule has 0 spiro atoms. The predicted octanol–water partition coefficient (Wildman–Crippen LogP) is 2.64. The predicted molar refractivity (Wildman–Crippen MR) is 74.1 cm³/mol. The van der Waals surface area contributed by atoms with Crippen LogP contribution in [0.4, 0.5) is 8.78 Å². The van der Waals surface area contributed by atoms with Gasteiger partial charge in [0.05, 0.1) is 16.0 Å². The summed E-state index contributed by atoms with van der Waals surface area (Å²) in [5.74, 6) is -7.02. The van der Waals surface area contributed by atoms with Gasteiger partial charge in [0, 0.05) is 25.3 Å². The quantitative estimate of drug-likeness (QED) is 0.886. The molecule has 4 nitrogen and oxygen atoms in total. The summed E-state index contributed by atoms with van der Waals surface area (Å²) in [7, 11) is 0. The second-order valence-electron chi connectivity index (χ2n) is 4.80. The molecule has 1 aromatic rings. The van der Waals surface area contributed by atoms with Crippen LogP contribution in [0.25, 0.3) is 0 Å². The molecule has 1 amide bonds. The fourth-order valence-electron chi connectivity index (χ4n) is 2.39. The van der Waals surface area contributed by atoms with Crippen LogP contribution in [-0.4, -0.2) is 46.6 Å². The number of amides is 1. The first-order valence-corrected chi connectivity index (χ1v) is 7.01. The molecule has 1 aliphatic heterocycles. The number of nitrogens with zero attached hydrogens (tertiary/aromatic N) is 1. The molecule has 1 saturated heterocycles. The van der Waals surface area contributed by atoms with Gasteiger partial charge in [-0.3, -0.25) is 4.79 Å². The number of aliphatic hydroxyl groups is 1. The van der Waals surface area contributed by atoms with Crippen LogP contribution in [0.3, 0.4) is 0 Å². The van der Waals surface area contributed by atoms with E-state index in [1.807, 2.05) is 0 Å². The van der Waals surface area contributed by atoms with E-state index in [9.17, 15) is 18.7 Å². The number of phenolic OH excluding ortho intramolecular Hbond substituents is 1. The van der Waals surface area contributed by atoms with Gasteiger partial charge >= 0.3 is 5.92 Å². The van der Waals surface area contributed by atoms with Crippen molar-refractivity contribution in [3.05, 3.63) is 27.7 Å². The number of carbonyl (C=O) groups excluding carboxylic acids is 1. The van der Waals surface area contributed by atoms with Crippen molar-refractivity contribution in [1.82, 2.24) is 4.90 Å². The summed E-state index contributed by atoms with van der Waals surface area (Å²) in [6, 6.07) is 2.46. The number of halogens is 4. The number of likely N-dealkylation sites (tertiary alicyclic amines) is 1. The molecule has 1 atom stereocenters. The summed E-state index contributed by atoms with van der Waals surface area (Å²) in [6.45, 7) is -0.483. The summed E-state index contributed by atoms with van der Waals surface area (Å²) in [4.78, 5) is 12.7. The van der Waals surface area contributed by atoms with Crippen LogP contribution in [0.15, 0.2) is 12.1 Å². The number of carbonyl (C=O) groups is 1. The van der Waals surface area contributed by atoms with Gasteiger partial charge < -0.3 is 15.1 Å². The Morgan fingerprint density at radius 2 is 2.05 bits per heavy atom. The molecule has 21 heavy (non-hydrogen) atoms. The molecule has 0 radical (unpaired) electrons. The van der Waals surface area contributed by atoms with E-state index in [1.54, 1.807) is 0 Å². The summed E-state index contributed by atoms with van der Waals surface area (Å²) in [5.41, 5.74) is -0.228. The van der Waals surface area contributed by atoms with Gasteiger partial charge in [0.2, 0.25) is 0 Å². The molecule has 2 N–H and O–H groups in total. The highest BCUT2D eigenvalue weighted by Crippen LogP contribution is 2.48. The highest BCUT2D eigenvalue weighted by Gasteiger charge is 2.57. The molecule has 0 unspecified atom stereocenters. The minimum absolute atomic E-state index is 0.0143. The molecule has 8 heteroatoms. The smallest absolute Gasteiger partial charge is 0.333 e. The Balaban J connectivity index is 2.40. The van der Waals surface area contributed by atoms with Crippen LogP contribution >= 0.6 is 23.2 Å². The van der Waals surface area contributed by atoms with Gasteiger partial charge in [-0.05, 0) is 18.6 Å². The molecule has 1 aliphatic rings. The molecule has 1 aromatic carbocycles. The van der Waals surface area contributed by atoms with Crippen LogP contribution < -0.4 is 0 Å². The minimum atomic E-state index is -3.68. The second-order valence-corrected chi connectivity index (χ2v) is 5.58. The molecular formula is C13H13Cl2F2NO3. The van der Waals surface area contributed by atoms with Crippen molar-refractivity contribution in [1.29, 1.82) is 0 Å². The number of benzene rings is 1. The van der Waals surface area contributed by atoms with Crippen molar-refractivity contribution in [3.63, 3.8) is 0 Å². The van der Waals surface area contributed by atoms with Crippen molar-refractivity contribution in [2.24, 2.45) is 0 Å². The Morgan fingerprint density at radius 3 is 2.67 bits per heavy atom. The van der Waals surface area contributed by atoms with Gasteiger partial charge in [0.25, 0.3) is 5.91 Å². The molecule has 1 heterocycles. The molecule has 0 aliphatic carbocycles. The van der Waals surface area contributed by atoms with Gasteiger partial charge in [-0.25, -0.2) is 0 Å². The number of rotatable bonds is 4. The average molecular weight is 340 g/mol. The number of aliphatic hydroxyl groups excluding tert-OH is 1. The molecule has 116 valence electrons. The summed E-state index contributed by atoms with van der Waals surface area (Å²) in [5, 5.41) is 18.4. The highest BCUT2D eigenvalue weighted by atomic mass is 35.5. The van der Waals surface area contributed by atoms with Crippen LogP contribution in [-0.2, 0) is 4.79 Å². The summed E-state index contributed by atoms with van der Waals surface area (Å²) < 4.78 is 28.4. The number of alkyl halides is 2. The molecule has 0 saturated carbocycles. The lowest BCUT2D eigenvalue weighted by Gasteiger charge is -2.19. The van der Waals surface area contributed by atoms with E-state index in [1.165, 1.54) is 12.1 Å². The number of hydrogen-bond acceptors (Lipinski definition) is 3. The largest absolute Gasteiger partial charge is 0.508 e. The lowest BCUT2D eigenvalue weighted by atomic mass is 9.94. The van der Waals surface area contributed by atoms with E-state index in [-0.39, 0.29) is 41.7 Å². The third-order valence-corrected chi connectivity index (χ3v) is 4.28. The van der Waals surface area contributed by atoms with Crippen molar-refractivity contribution < 1.29 is 23.8 Å². The fraction of sp³-hybridized carbons (Fsp3) is 0.462.